The van der Waals surface area contributed by atoms with Gasteiger partial charge in [-0.3, -0.25) is 9.69 Å². The van der Waals surface area contributed by atoms with Crippen molar-refractivity contribution < 1.29 is 9.15 Å². The van der Waals surface area contributed by atoms with E-state index in [2.05, 4.69) is 25.4 Å². The van der Waals surface area contributed by atoms with E-state index in [9.17, 15) is 4.79 Å². The van der Waals surface area contributed by atoms with E-state index in [1.165, 1.54) is 12.8 Å². The number of aromatic nitrogens is 5. The van der Waals surface area contributed by atoms with Gasteiger partial charge in [-0.1, -0.05) is 12.8 Å². The minimum absolute atomic E-state index is 0.109. The Kier molecular flexibility index (Phi) is 5.72. The molecule has 1 aliphatic carbocycles. The van der Waals surface area contributed by atoms with Crippen LogP contribution < -0.4 is 10.3 Å². The van der Waals surface area contributed by atoms with E-state index in [1.54, 1.807) is 13.4 Å². The first-order valence-electron chi connectivity index (χ1n) is 10.9. The largest absolute Gasteiger partial charge is 0.497 e. The van der Waals surface area contributed by atoms with E-state index in [4.69, 9.17) is 9.15 Å². The molecule has 32 heavy (non-hydrogen) atoms. The van der Waals surface area contributed by atoms with E-state index < -0.39 is 0 Å². The summed E-state index contributed by atoms with van der Waals surface area (Å²) in [6.45, 7) is 1.49. The average Bonchev–Trinajstić information content (AvgIpc) is 3.57. The van der Waals surface area contributed by atoms with Gasteiger partial charge in [-0.15, -0.1) is 5.10 Å². The summed E-state index contributed by atoms with van der Waals surface area (Å²) >= 11 is 0. The standard InChI is InChI=1S/C23H26N6O3/c1-31-19-8-9-21-16(12-19)11-17(23(30)24-21)13-28(14-20-7-4-10-32-20)15-22-25-26-27-29(22)18-5-2-3-6-18/h4,7-12,18H,2-3,5-6,13-15H2,1H3,(H,24,30). The van der Waals surface area contributed by atoms with Crippen LogP contribution in [-0.4, -0.2) is 37.2 Å². The molecule has 3 heterocycles. The molecule has 1 aliphatic rings. The van der Waals surface area contributed by atoms with Crippen LogP contribution in [0.1, 0.15) is 48.9 Å². The van der Waals surface area contributed by atoms with Crippen molar-refractivity contribution in [2.45, 2.75) is 51.4 Å². The van der Waals surface area contributed by atoms with Crippen LogP contribution in [0.4, 0.5) is 0 Å². The zero-order chi connectivity index (χ0) is 21.9. The van der Waals surface area contributed by atoms with Crippen molar-refractivity contribution in [1.82, 2.24) is 30.1 Å². The molecule has 0 amide bonds. The summed E-state index contributed by atoms with van der Waals surface area (Å²) in [5, 5.41) is 13.4. The van der Waals surface area contributed by atoms with Crippen molar-refractivity contribution in [3.63, 3.8) is 0 Å². The van der Waals surface area contributed by atoms with Gasteiger partial charge >= 0.3 is 0 Å². The van der Waals surface area contributed by atoms with E-state index in [1.807, 2.05) is 41.1 Å². The second-order valence-corrected chi connectivity index (χ2v) is 8.28. The maximum absolute atomic E-state index is 12.8. The third kappa shape index (κ3) is 4.29. The van der Waals surface area contributed by atoms with Crippen LogP contribution in [-0.2, 0) is 19.6 Å². The zero-order valence-corrected chi connectivity index (χ0v) is 18.0. The molecule has 9 nitrogen and oxygen atoms in total. The lowest BCUT2D eigenvalue weighted by atomic mass is 10.1. The number of hydrogen-bond acceptors (Lipinski definition) is 7. The fourth-order valence-electron chi connectivity index (χ4n) is 4.45. The van der Waals surface area contributed by atoms with Gasteiger partial charge in [-0.25, -0.2) is 4.68 Å². The molecule has 1 aromatic carbocycles. The normalized spacial score (nSPS) is 14.6. The number of aromatic amines is 1. The lowest BCUT2D eigenvalue weighted by Gasteiger charge is -2.21. The number of fused-ring (bicyclic) bond motifs is 1. The highest BCUT2D eigenvalue weighted by molar-refractivity contribution is 5.80. The van der Waals surface area contributed by atoms with Crippen LogP contribution >= 0.6 is 0 Å². The molecule has 0 saturated heterocycles. The molecule has 4 aromatic rings. The first-order chi connectivity index (χ1) is 15.7. The number of tetrazole rings is 1. The molecule has 0 atom stereocenters. The number of ether oxygens (including phenoxy) is 1. The lowest BCUT2D eigenvalue weighted by molar-refractivity contribution is 0.213. The third-order valence-electron chi connectivity index (χ3n) is 6.08. The number of methoxy groups -OCH3 is 1. The quantitative estimate of drug-likeness (QED) is 0.453. The van der Waals surface area contributed by atoms with E-state index in [0.29, 0.717) is 31.2 Å². The van der Waals surface area contributed by atoms with E-state index in [-0.39, 0.29) is 5.56 Å². The Hall–Kier alpha value is -3.46. The fourth-order valence-corrected chi connectivity index (χ4v) is 4.45. The molecule has 0 spiro atoms. The predicted octanol–water partition coefficient (Wildman–Crippen LogP) is 3.43. The Morgan fingerprint density at radius 3 is 2.84 bits per heavy atom. The van der Waals surface area contributed by atoms with Crippen LogP contribution in [0.25, 0.3) is 10.9 Å². The zero-order valence-electron chi connectivity index (χ0n) is 18.0. The third-order valence-corrected chi connectivity index (χ3v) is 6.08. The van der Waals surface area contributed by atoms with Crippen molar-refractivity contribution in [3.05, 3.63) is 70.2 Å². The highest BCUT2D eigenvalue weighted by Gasteiger charge is 2.23. The van der Waals surface area contributed by atoms with Gasteiger partial charge in [0.2, 0.25) is 0 Å². The molecule has 3 aromatic heterocycles. The van der Waals surface area contributed by atoms with E-state index in [0.717, 1.165) is 41.1 Å². The maximum Gasteiger partial charge on any atom is 0.252 e. The molecule has 5 rings (SSSR count). The van der Waals surface area contributed by atoms with Gasteiger partial charge in [0.05, 0.1) is 32.5 Å². The van der Waals surface area contributed by atoms with E-state index >= 15 is 0 Å². The molecular formula is C23H26N6O3. The van der Waals surface area contributed by atoms with Gasteiger partial charge < -0.3 is 14.1 Å². The van der Waals surface area contributed by atoms with Crippen molar-refractivity contribution in [2.75, 3.05) is 7.11 Å². The summed E-state index contributed by atoms with van der Waals surface area (Å²) < 4.78 is 12.9. The number of nitrogens with zero attached hydrogens (tertiary/aromatic N) is 5. The second-order valence-electron chi connectivity index (χ2n) is 8.28. The lowest BCUT2D eigenvalue weighted by Crippen LogP contribution is -2.28. The van der Waals surface area contributed by atoms with Crippen molar-refractivity contribution in [3.8, 4) is 5.75 Å². The molecule has 166 valence electrons. The Balaban J connectivity index is 1.44. The maximum atomic E-state index is 12.8. The summed E-state index contributed by atoms with van der Waals surface area (Å²) in [4.78, 5) is 17.9. The number of H-pyrrole nitrogens is 1. The average molecular weight is 435 g/mol. The first kappa shape index (κ1) is 20.4. The molecule has 1 saturated carbocycles. The fraction of sp³-hybridized carbons (Fsp3) is 0.391. The second kappa shape index (κ2) is 8.96. The van der Waals surface area contributed by atoms with Gasteiger partial charge in [0.15, 0.2) is 5.82 Å². The van der Waals surface area contributed by atoms with Crippen molar-refractivity contribution >= 4 is 10.9 Å². The smallest absolute Gasteiger partial charge is 0.252 e. The Labute approximate surface area is 185 Å². The highest BCUT2D eigenvalue weighted by Crippen LogP contribution is 2.29. The highest BCUT2D eigenvalue weighted by atomic mass is 16.5. The van der Waals surface area contributed by atoms with Gasteiger partial charge in [-0.2, -0.15) is 0 Å². The van der Waals surface area contributed by atoms with Gasteiger partial charge in [0.25, 0.3) is 5.56 Å². The number of rotatable bonds is 8. The summed E-state index contributed by atoms with van der Waals surface area (Å²) in [7, 11) is 1.63. The van der Waals surface area contributed by atoms with Crippen molar-refractivity contribution in [2.24, 2.45) is 0 Å². The summed E-state index contributed by atoms with van der Waals surface area (Å²) in [5.74, 6) is 2.38. The van der Waals surface area contributed by atoms with Gasteiger partial charge in [0.1, 0.15) is 11.5 Å². The summed E-state index contributed by atoms with van der Waals surface area (Å²) in [5.41, 5.74) is 1.34. The molecule has 0 unspecified atom stereocenters. The molecule has 1 fully saturated rings. The summed E-state index contributed by atoms with van der Waals surface area (Å²) in [6, 6.07) is 11.7. The number of furan rings is 1. The molecule has 1 N–H and O–H groups in total. The molecule has 0 bridgehead atoms. The first-order valence-corrected chi connectivity index (χ1v) is 10.9. The van der Waals surface area contributed by atoms with Gasteiger partial charge in [0, 0.05) is 23.0 Å². The predicted molar refractivity (Wildman–Crippen MR) is 118 cm³/mol. The monoisotopic (exact) mass is 434 g/mol. The minimum Gasteiger partial charge on any atom is -0.497 e. The molecular weight excluding hydrogens is 408 g/mol. The van der Waals surface area contributed by atoms with Crippen LogP contribution in [0.5, 0.6) is 5.75 Å². The van der Waals surface area contributed by atoms with Crippen molar-refractivity contribution in [1.29, 1.82) is 0 Å². The number of benzene rings is 1. The summed E-state index contributed by atoms with van der Waals surface area (Å²) in [6.07, 6.45) is 6.27. The minimum atomic E-state index is -0.109. The SMILES string of the molecule is COc1ccc2[nH]c(=O)c(CN(Cc3ccco3)Cc3nnnn3C3CCCC3)cc2c1. The van der Waals surface area contributed by atoms with Crippen LogP contribution in [0.3, 0.4) is 0 Å². The number of nitrogens with one attached hydrogen (secondary N) is 1. The number of hydrogen-bond donors (Lipinski definition) is 1. The van der Waals surface area contributed by atoms with Crippen LogP contribution in [0, 0.1) is 0 Å². The Morgan fingerprint density at radius 2 is 2.06 bits per heavy atom. The topological polar surface area (TPSA) is 102 Å². The van der Waals surface area contributed by atoms with Crippen LogP contribution in [0.15, 0.2) is 51.9 Å². The van der Waals surface area contributed by atoms with Crippen LogP contribution in [0.2, 0.25) is 0 Å². The van der Waals surface area contributed by atoms with Gasteiger partial charge in [-0.05, 0) is 59.7 Å². The Bertz CT molecular complexity index is 1240. The Morgan fingerprint density at radius 1 is 1.19 bits per heavy atom. The molecule has 0 aliphatic heterocycles. The number of pyridine rings is 1. The molecule has 0 radical (unpaired) electrons. The molecule has 9 heteroatoms.